The van der Waals surface area contributed by atoms with Crippen LogP contribution in [0.4, 0.5) is 0 Å². The highest BCUT2D eigenvalue weighted by Crippen LogP contribution is 2.28. The van der Waals surface area contributed by atoms with E-state index in [-0.39, 0.29) is 13.2 Å². The van der Waals surface area contributed by atoms with Crippen molar-refractivity contribution in [3.63, 3.8) is 0 Å². The van der Waals surface area contributed by atoms with Crippen molar-refractivity contribution < 1.29 is 28.5 Å². The van der Waals surface area contributed by atoms with Crippen molar-refractivity contribution in [2.75, 3.05) is 6.61 Å². The predicted octanol–water partition coefficient (Wildman–Crippen LogP) is 5.88. The van der Waals surface area contributed by atoms with Gasteiger partial charge < -0.3 is 23.7 Å². The number of hydrogen-bond donors (Lipinski definition) is 0. The van der Waals surface area contributed by atoms with Gasteiger partial charge in [-0.1, -0.05) is 121 Å². The van der Waals surface area contributed by atoms with Gasteiger partial charge in [-0.3, -0.25) is 0 Å². The number of carbonyl (C=O) groups is 1. The number of hydrogen-bond acceptors (Lipinski definition) is 6. The largest absolute Gasteiger partial charge is 0.455 e. The molecule has 4 aromatic carbocycles. The predicted molar refractivity (Wildman–Crippen MR) is 151 cm³/mol. The van der Waals surface area contributed by atoms with Crippen LogP contribution in [0.5, 0.6) is 0 Å². The maximum absolute atomic E-state index is 13.4. The van der Waals surface area contributed by atoms with E-state index >= 15 is 0 Å². The van der Waals surface area contributed by atoms with Gasteiger partial charge in [0, 0.05) is 0 Å². The van der Waals surface area contributed by atoms with Crippen molar-refractivity contribution in [3.8, 4) is 0 Å². The van der Waals surface area contributed by atoms with Gasteiger partial charge in [-0.05, 0) is 22.3 Å². The second-order valence-electron chi connectivity index (χ2n) is 9.72. The summed E-state index contributed by atoms with van der Waals surface area (Å²) in [6, 6.07) is 39.4. The zero-order chi connectivity index (χ0) is 27.4. The summed E-state index contributed by atoms with van der Waals surface area (Å²) in [5.74, 6) is -0.484. The first-order valence-corrected chi connectivity index (χ1v) is 13.5. The van der Waals surface area contributed by atoms with Crippen LogP contribution >= 0.6 is 0 Å². The number of ether oxygens (including phenoxy) is 5. The van der Waals surface area contributed by atoms with Crippen molar-refractivity contribution in [3.05, 3.63) is 144 Å². The molecule has 1 aliphatic rings. The zero-order valence-electron chi connectivity index (χ0n) is 22.3. The molecule has 0 aliphatic carbocycles. The Morgan fingerprint density at radius 3 is 1.38 bits per heavy atom. The van der Waals surface area contributed by atoms with Gasteiger partial charge in [-0.15, -0.1) is 0 Å². The van der Waals surface area contributed by atoms with Gasteiger partial charge in [0.05, 0.1) is 33.0 Å². The highest BCUT2D eigenvalue weighted by atomic mass is 16.6. The van der Waals surface area contributed by atoms with Crippen LogP contribution < -0.4 is 0 Å². The van der Waals surface area contributed by atoms with Gasteiger partial charge in [0.1, 0.15) is 12.2 Å². The third-order valence-corrected chi connectivity index (χ3v) is 6.73. The molecule has 0 bridgehead atoms. The Morgan fingerprint density at radius 2 is 0.900 bits per heavy atom. The van der Waals surface area contributed by atoms with Crippen LogP contribution in [0.25, 0.3) is 0 Å². The summed E-state index contributed by atoms with van der Waals surface area (Å²) in [6.45, 7) is 1.43. The van der Waals surface area contributed by atoms with Gasteiger partial charge in [-0.25, -0.2) is 4.79 Å². The molecule has 0 unspecified atom stereocenters. The van der Waals surface area contributed by atoms with Crippen LogP contribution in [0, 0.1) is 0 Å². The van der Waals surface area contributed by atoms with E-state index in [1.165, 1.54) is 0 Å². The molecule has 0 saturated carbocycles. The number of carbonyl (C=O) groups excluding carboxylic acids is 1. The fourth-order valence-electron chi connectivity index (χ4n) is 4.64. The molecule has 5 rings (SSSR count). The number of cyclic esters (lactones) is 1. The lowest BCUT2D eigenvalue weighted by Crippen LogP contribution is -2.59. The van der Waals surface area contributed by atoms with Crippen molar-refractivity contribution in [2.24, 2.45) is 0 Å². The van der Waals surface area contributed by atoms with Crippen LogP contribution in [-0.2, 0) is 54.9 Å². The van der Waals surface area contributed by atoms with Gasteiger partial charge >= 0.3 is 5.97 Å². The number of esters is 1. The molecule has 0 radical (unpaired) electrons. The molecule has 0 N–H and O–H groups in total. The zero-order valence-corrected chi connectivity index (χ0v) is 22.3. The number of benzene rings is 4. The van der Waals surface area contributed by atoms with Crippen LogP contribution in [0.2, 0.25) is 0 Å². The summed E-state index contributed by atoms with van der Waals surface area (Å²) in [5.41, 5.74) is 3.98. The highest BCUT2D eigenvalue weighted by molar-refractivity contribution is 5.77. The molecule has 40 heavy (non-hydrogen) atoms. The monoisotopic (exact) mass is 538 g/mol. The standard InChI is InChI=1S/C34H34O6/c35-34-33(39-24-29-19-11-4-12-20-29)32(38-23-28-17-9-3-10-18-28)31(37-22-27-15-7-2-8-16-27)30(40-34)25-36-21-26-13-5-1-6-14-26/h1-20,30-33H,21-25H2/t30-,31-,32+,33+/m1/s1. The van der Waals surface area contributed by atoms with Crippen molar-refractivity contribution in [2.45, 2.75) is 50.8 Å². The van der Waals surface area contributed by atoms with Gasteiger partial charge in [-0.2, -0.15) is 0 Å². The summed E-state index contributed by atoms with van der Waals surface area (Å²) in [6.07, 6.45) is -2.95. The minimum absolute atomic E-state index is 0.163. The van der Waals surface area contributed by atoms with E-state index in [9.17, 15) is 4.79 Å². The van der Waals surface area contributed by atoms with Gasteiger partial charge in [0.2, 0.25) is 0 Å². The maximum Gasteiger partial charge on any atom is 0.338 e. The third-order valence-electron chi connectivity index (χ3n) is 6.73. The molecule has 206 valence electrons. The van der Waals surface area contributed by atoms with Crippen LogP contribution in [0.15, 0.2) is 121 Å². The molecule has 4 atom stereocenters. The van der Waals surface area contributed by atoms with Crippen molar-refractivity contribution >= 4 is 5.97 Å². The molecule has 4 aromatic rings. The van der Waals surface area contributed by atoms with Crippen LogP contribution in [0.3, 0.4) is 0 Å². The lowest BCUT2D eigenvalue weighted by Gasteiger charge is -2.41. The third kappa shape index (κ3) is 7.87. The summed E-state index contributed by atoms with van der Waals surface area (Å²) < 4.78 is 31.0. The molecular formula is C34H34O6. The molecule has 1 saturated heterocycles. The fourth-order valence-corrected chi connectivity index (χ4v) is 4.64. The normalized spacial score (nSPS) is 20.6. The summed E-state index contributed by atoms with van der Waals surface area (Å²) in [4.78, 5) is 13.4. The Labute approximate surface area is 235 Å². The van der Waals surface area contributed by atoms with Crippen LogP contribution in [0.1, 0.15) is 22.3 Å². The molecule has 6 nitrogen and oxygen atoms in total. The Balaban J connectivity index is 1.36. The average molecular weight is 539 g/mol. The average Bonchev–Trinajstić information content (AvgIpc) is 3.01. The van der Waals surface area contributed by atoms with E-state index in [1.54, 1.807) is 0 Å². The first kappa shape index (κ1) is 27.7. The Hall–Kier alpha value is -3.81. The SMILES string of the molecule is O=C1O[C@H](COCc2ccccc2)[C@@H](OCc2ccccc2)[C@H](OCc2ccccc2)[C@@H]1OCc1ccccc1. The lowest BCUT2D eigenvalue weighted by molar-refractivity contribution is -0.239. The van der Waals surface area contributed by atoms with E-state index in [0.29, 0.717) is 19.8 Å². The Bertz CT molecular complexity index is 1280. The van der Waals surface area contributed by atoms with Crippen molar-refractivity contribution in [1.82, 2.24) is 0 Å². The molecular weight excluding hydrogens is 504 g/mol. The number of rotatable bonds is 13. The van der Waals surface area contributed by atoms with E-state index in [1.807, 2.05) is 121 Å². The second-order valence-corrected chi connectivity index (χ2v) is 9.72. The maximum atomic E-state index is 13.4. The van der Waals surface area contributed by atoms with E-state index in [0.717, 1.165) is 22.3 Å². The smallest absolute Gasteiger partial charge is 0.338 e. The summed E-state index contributed by atoms with van der Waals surface area (Å²) >= 11 is 0. The van der Waals surface area contributed by atoms with E-state index in [2.05, 4.69) is 0 Å². The minimum Gasteiger partial charge on any atom is -0.455 e. The van der Waals surface area contributed by atoms with Gasteiger partial charge in [0.25, 0.3) is 0 Å². The lowest BCUT2D eigenvalue weighted by atomic mass is 9.98. The van der Waals surface area contributed by atoms with Crippen molar-refractivity contribution in [1.29, 1.82) is 0 Å². The second kappa shape index (κ2) is 14.5. The Kier molecular flexibility index (Phi) is 10.1. The first-order chi connectivity index (χ1) is 19.8. The minimum atomic E-state index is -0.963. The summed E-state index contributed by atoms with van der Waals surface area (Å²) in [7, 11) is 0. The molecule has 0 amide bonds. The topological polar surface area (TPSA) is 63.2 Å². The molecule has 0 aromatic heterocycles. The highest BCUT2D eigenvalue weighted by Gasteiger charge is 2.48. The molecule has 1 aliphatic heterocycles. The fraction of sp³-hybridized carbons (Fsp3) is 0.265. The molecule has 0 spiro atoms. The summed E-state index contributed by atoms with van der Waals surface area (Å²) in [5, 5.41) is 0. The van der Waals surface area contributed by atoms with Crippen LogP contribution in [-0.4, -0.2) is 37.0 Å². The van der Waals surface area contributed by atoms with E-state index in [4.69, 9.17) is 23.7 Å². The van der Waals surface area contributed by atoms with E-state index < -0.39 is 30.4 Å². The quantitative estimate of drug-likeness (QED) is 0.198. The molecule has 1 heterocycles. The molecule has 1 fully saturated rings. The molecule has 6 heteroatoms. The van der Waals surface area contributed by atoms with Gasteiger partial charge in [0.15, 0.2) is 12.2 Å². The Morgan fingerprint density at radius 1 is 0.500 bits per heavy atom. The first-order valence-electron chi connectivity index (χ1n) is 13.5.